The minimum absolute atomic E-state index is 0.681. The van der Waals surface area contributed by atoms with Crippen molar-refractivity contribution in [3.63, 3.8) is 0 Å². The average Bonchev–Trinajstić information content (AvgIpc) is 2.81. The number of anilines is 1. The van der Waals surface area contributed by atoms with Gasteiger partial charge in [0.2, 0.25) is 0 Å². The van der Waals surface area contributed by atoms with Crippen molar-refractivity contribution in [1.29, 1.82) is 0 Å². The Bertz CT molecular complexity index is 463. The lowest BCUT2D eigenvalue weighted by molar-refractivity contribution is 0.341. The summed E-state index contributed by atoms with van der Waals surface area (Å²) in [7, 11) is 0. The van der Waals surface area contributed by atoms with Crippen molar-refractivity contribution in [2.24, 2.45) is 0 Å². The highest BCUT2D eigenvalue weighted by molar-refractivity contribution is 5.57. The fourth-order valence-corrected chi connectivity index (χ4v) is 1.72. The van der Waals surface area contributed by atoms with Gasteiger partial charge >= 0.3 is 0 Å². The first-order valence-electron chi connectivity index (χ1n) is 5.89. The topological polar surface area (TPSA) is 37.0 Å². The molecule has 17 heavy (non-hydrogen) atoms. The quantitative estimate of drug-likeness (QED) is 0.826. The van der Waals surface area contributed by atoms with Crippen molar-refractivity contribution in [3.8, 4) is 5.75 Å². The summed E-state index contributed by atoms with van der Waals surface area (Å²) in [5, 5.41) is 3.37. The molecule has 1 heterocycles. The number of H-pyrrole nitrogens is 1. The molecule has 0 aliphatic rings. The SMILES string of the molecule is CCOc1cc(C)ccc1NCc1ccc[nH]1. The maximum Gasteiger partial charge on any atom is 0.142 e. The summed E-state index contributed by atoms with van der Waals surface area (Å²) < 4.78 is 5.62. The van der Waals surface area contributed by atoms with Crippen molar-refractivity contribution in [2.75, 3.05) is 11.9 Å². The van der Waals surface area contributed by atoms with Crippen molar-refractivity contribution >= 4 is 5.69 Å². The van der Waals surface area contributed by atoms with E-state index in [1.165, 1.54) is 5.56 Å². The van der Waals surface area contributed by atoms with Gasteiger partial charge in [0.25, 0.3) is 0 Å². The molecular weight excluding hydrogens is 212 g/mol. The van der Waals surface area contributed by atoms with Crippen LogP contribution in [0.1, 0.15) is 18.2 Å². The van der Waals surface area contributed by atoms with Crippen LogP contribution < -0.4 is 10.1 Å². The fraction of sp³-hybridized carbons (Fsp3) is 0.286. The zero-order valence-electron chi connectivity index (χ0n) is 10.3. The Balaban J connectivity index is 2.08. The second kappa shape index (κ2) is 5.43. The molecular formula is C14H18N2O. The van der Waals surface area contributed by atoms with Crippen LogP contribution in [0.5, 0.6) is 5.75 Å². The first-order valence-corrected chi connectivity index (χ1v) is 5.89. The molecule has 0 radical (unpaired) electrons. The lowest BCUT2D eigenvalue weighted by atomic mass is 10.2. The number of hydrogen-bond donors (Lipinski definition) is 2. The summed E-state index contributed by atoms with van der Waals surface area (Å²) in [6.07, 6.45) is 1.93. The fourth-order valence-electron chi connectivity index (χ4n) is 1.72. The molecule has 2 aromatic rings. The molecule has 0 bridgehead atoms. The maximum atomic E-state index is 5.62. The molecule has 3 heteroatoms. The molecule has 0 atom stereocenters. The van der Waals surface area contributed by atoms with E-state index >= 15 is 0 Å². The molecule has 0 aliphatic carbocycles. The van der Waals surface area contributed by atoms with Crippen molar-refractivity contribution < 1.29 is 4.74 Å². The highest BCUT2D eigenvalue weighted by Gasteiger charge is 2.03. The van der Waals surface area contributed by atoms with E-state index < -0.39 is 0 Å². The first kappa shape index (κ1) is 11.6. The van der Waals surface area contributed by atoms with Crippen molar-refractivity contribution in [3.05, 3.63) is 47.8 Å². The van der Waals surface area contributed by atoms with Crippen LogP contribution in [0, 0.1) is 6.92 Å². The van der Waals surface area contributed by atoms with Gasteiger partial charge in [0.1, 0.15) is 5.75 Å². The van der Waals surface area contributed by atoms with Gasteiger partial charge < -0.3 is 15.0 Å². The molecule has 2 rings (SSSR count). The van der Waals surface area contributed by atoms with Gasteiger partial charge in [-0.2, -0.15) is 0 Å². The molecule has 1 aromatic heterocycles. The van der Waals surface area contributed by atoms with Crippen LogP contribution in [-0.4, -0.2) is 11.6 Å². The van der Waals surface area contributed by atoms with E-state index in [-0.39, 0.29) is 0 Å². The van der Waals surface area contributed by atoms with Gasteiger partial charge in [0, 0.05) is 11.9 Å². The van der Waals surface area contributed by atoms with Crippen LogP contribution in [0.3, 0.4) is 0 Å². The Morgan fingerprint density at radius 2 is 2.18 bits per heavy atom. The molecule has 90 valence electrons. The summed E-state index contributed by atoms with van der Waals surface area (Å²) in [4.78, 5) is 3.17. The smallest absolute Gasteiger partial charge is 0.142 e. The molecule has 0 fully saturated rings. The standard InChI is InChI=1S/C14H18N2O/c1-3-17-14-9-11(2)6-7-13(14)16-10-12-5-4-8-15-12/h4-9,15-16H,3,10H2,1-2H3. The van der Waals surface area contributed by atoms with E-state index in [0.29, 0.717) is 6.61 Å². The van der Waals surface area contributed by atoms with Gasteiger partial charge in [0.15, 0.2) is 0 Å². The minimum Gasteiger partial charge on any atom is -0.492 e. The molecule has 0 amide bonds. The van der Waals surface area contributed by atoms with Crippen LogP contribution in [0.15, 0.2) is 36.5 Å². The normalized spacial score (nSPS) is 10.2. The number of ether oxygens (including phenoxy) is 1. The zero-order chi connectivity index (χ0) is 12.1. The molecule has 0 spiro atoms. The first-order chi connectivity index (χ1) is 8.29. The minimum atomic E-state index is 0.681. The van der Waals surface area contributed by atoms with Gasteiger partial charge in [-0.3, -0.25) is 0 Å². The second-order valence-corrected chi connectivity index (χ2v) is 3.98. The lowest BCUT2D eigenvalue weighted by Crippen LogP contribution is -2.03. The summed E-state index contributed by atoms with van der Waals surface area (Å²) in [6, 6.07) is 10.3. The Morgan fingerprint density at radius 1 is 1.29 bits per heavy atom. The summed E-state index contributed by atoms with van der Waals surface area (Å²) in [5.41, 5.74) is 3.40. The summed E-state index contributed by atoms with van der Waals surface area (Å²) in [6.45, 7) is 5.52. The number of rotatable bonds is 5. The number of aromatic amines is 1. The summed E-state index contributed by atoms with van der Waals surface area (Å²) >= 11 is 0. The molecule has 2 N–H and O–H groups in total. The zero-order valence-corrected chi connectivity index (χ0v) is 10.3. The van der Waals surface area contributed by atoms with E-state index in [4.69, 9.17) is 4.74 Å². The number of nitrogens with one attached hydrogen (secondary N) is 2. The van der Waals surface area contributed by atoms with E-state index in [1.807, 2.05) is 19.2 Å². The van der Waals surface area contributed by atoms with Gasteiger partial charge in [-0.05, 0) is 43.7 Å². The number of aryl methyl sites for hydroxylation is 1. The monoisotopic (exact) mass is 230 g/mol. The predicted octanol–water partition coefficient (Wildman–Crippen LogP) is 3.33. The van der Waals surface area contributed by atoms with E-state index in [0.717, 1.165) is 23.7 Å². The highest BCUT2D eigenvalue weighted by Crippen LogP contribution is 2.26. The Morgan fingerprint density at radius 3 is 2.88 bits per heavy atom. The predicted molar refractivity (Wildman–Crippen MR) is 70.5 cm³/mol. The van der Waals surface area contributed by atoms with Crippen molar-refractivity contribution in [2.45, 2.75) is 20.4 Å². The molecule has 0 saturated heterocycles. The highest BCUT2D eigenvalue weighted by atomic mass is 16.5. The van der Waals surface area contributed by atoms with Crippen molar-refractivity contribution in [1.82, 2.24) is 4.98 Å². The lowest BCUT2D eigenvalue weighted by Gasteiger charge is -2.12. The second-order valence-electron chi connectivity index (χ2n) is 3.98. The Kier molecular flexibility index (Phi) is 3.70. The van der Waals surface area contributed by atoms with Gasteiger partial charge in [-0.25, -0.2) is 0 Å². The van der Waals surface area contributed by atoms with E-state index in [9.17, 15) is 0 Å². The molecule has 1 aromatic carbocycles. The largest absolute Gasteiger partial charge is 0.492 e. The Hall–Kier alpha value is -1.90. The number of aromatic nitrogens is 1. The Labute approximate surface area is 102 Å². The van der Waals surface area contributed by atoms with E-state index in [2.05, 4.69) is 41.5 Å². The van der Waals surface area contributed by atoms with Crippen LogP contribution in [0.4, 0.5) is 5.69 Å². The molecule has 3 nitrogen and oxygen atoms in total. The van der Waals surface area contributed by atoms with Crippen LogP contribution >= 0.6 is 0 Å². The van der Waals surface area contributed by atoms with Gasteiger partial charge in [-0.15, -0.1) is 0 Å². The molecule has 0 aliphatic heterocycles. The molecule has 0 saturated carbocycles. The molecule has 0 unspecified atom stereocenters. The van der Waals surface area contributed by atoms with E-state index in [1.54, 1.807) is 0 Å². The number of benzene rings is 1. The maximum absolute atomic E-state index is 5.62. The third-order valence-corrected chi connectivity index (χ3v) is 2.57. The third-order valence-electron chi connectivity index (χ3n) is 2.57. The third kappa shape index (κ3) is 3.03. The average molecular weight is 230 g/mol. The van der Waals surface area contributed by atoms with Gasteiger partial charge in [-0.1, -0.05) is 6.07 Å². The van der Waals surface area contributed by atoms with Crippen LogP contribution in [0.2, 0.25) is 0 Å². The summed E-state index contributed by atoms with van der Waals surface area (Å²) in [5.74, 6) is 0.916. The van der Waals surface area contributed by atoms with Gasteiger partial charge in [0.05, 0.1) is 18.8 Å². The number of hydrogen-bond acceptors (Lipinski definition) is 2. The van der Waals surface area contributed by atoms with Crippen LogP contribution in [0.25, 0.3) is 0 Å². The van der Waals surface area contributed by atoms with Crippen LogP contribution in [-0.2, 0) is 6.54 Å².